The van der Waals surface area contributed by atoms with Gasteiger partial charge in [-0.2, -0.15) is 0 Å². The zero-order valence-corrected chi connectivity index (χ0v) is 15.7. The number of benzene rings is 2. The molecule has 27 heavy (non-hydrogen) atoms. The standard InChI is InChI=1S/C21H20N2O3S/c1-26-21(25)20-17(12-13-27-20)23-18(24)14-22-19(15-8-4-2-5-9-15)16-10-6-3-7-11-16/h2-13,19,22H,14H2,1H3,(H,23,24). The fourth-order valence-corrected chi connectivity index (χ4v) is 3.53. The molecule has 0 bridgehead atoms. The van der Waals surface area contributed by atoms with Crippen molar-refractivity contribution in [2.75, 3.05) is 19.0 Å². The Hall–Kier alpha value is -2.96. The van der Waals surface area contributed by atoms with Gasteiger partial charge in [-0.1, -0.05) is 60.7 Å². The first-order valence-electron chi connectivity index (χ1n) is 8.48. The van der Waals surface area contributed by atoms with E-state index in [0.29, 0.717) is 10.6 Å². The van der Waals surface area contributed by atoms with E-state index >= 15 is 0 Å². The second kappa shape index (κ2) is 9.12. The summed E-state index contributed by atoms with van der Waals surface area (Å²) in [6.45, 7) is 0.102. The van der Waals surface area contributed by atoms with Crippen molar-refractivity contribution < 1.29 is 14.3 Å². The Morgan fingerprint density at radius 1 is 0.963 bits per heavy atom. The van der Waals surface area contributed by atoms with Gasteiger partial charge >= 0.3 is 5.97 Å². The lowest BCUT2D eigenvalue weighted by molar-refractivity contribution is -0.115. The van der Waals surface area contributed by atoms with Gasteiger partial charge in [0.1, 0.15) is 4.88 Å². The first-order valence-corrected chi connectivity index (χ1v) is 9.36. The molecule has 0 radical (unpaired) electrons. The molecule has 3 rings (SSSR count). The lowest BCUT2D eigenvalue weighted by Crippen LogP contribution is -2.32. The number of esters is 1. The zero-order valence-electron chi connectivity index (χ0n) is 14.8. The number of amides is 1. The van der Waals surface area contributed by atoms with E-state index in [0.717, 1.165) is 11.1 Å². The summed E-state index contributed by atoms with van der Waals surface area (Å²) in [6.07, 6.45) is 0. The number of ether oxygens (including phenoxy) is 1. The number of carbonyl (C=O) groups excluding carboxylic acids is 2. The molecule has 0 spiro atoms. The molecule has 2 aromatic carbocycles. The van der Waals surface area contributed by atoms with Crippen molar-refractivity contribution in [1.82, 2.24) is 5.32 Å². The third kappa shape index (κ3) is 4.81. The molecular weight excluding hydrogens is 360 g/mol. The zero-order chi connectivity index (χ0) is 19.1. The number of hydrogen-bond acceptors (Lipinski definition) is 5. The molecular formula is C21H20N2O3S. The minimum atomic E-state index is -0.459. The van der Waals surface area contributed by atoms with Crippen LogP contribution in [0.3, 0.4) is 0 Å². The highest BCUT2D eigenvalue weighted by molar-refractivity contribution is 7.12. The average molecular weight is 380 g/mol. The highest BCUT2D eigenvalue weighted by Gasteiger charge is 2.18. The molecule has 0 aliphatic carbocycles. The van der Waals surface area contributed by atoms with Gasteiger partial charge in [-0.05, 0) is 22.6 Å². The number of nitrogens with one attached hydrogen (secondary N) is 2. The minimum absolute atomic E-state index is 0.102. The van der Waals surface area contributed by atoms with E-state index < -0.39 is 5.97 Å². The normalized spacial score (nSPS) is 10.6. The number of carbonyl (C=O) groups is 2. The van der Waals surface area contributed by atoms with Crippen molar-refractivity contribution in [1.29, 1.82) is 0 Å². The molecule has 0 saturated carbocycles. The van der Waals surface area contributed by atoms with E-state index in [-0.39, 0.29) is 18.5 Å². The van der Waals surface area contributed by atoms with Gasteiger partial charge in [0.05, 0.1) is 25.4 Å². The molecule has 0 atom stereocenters. The Morgan fingerprint density at radius 3 is 2.11 bits per heavy atom. The Labute approximate surface area is 162 Å². The highest BCUT2D eigenvalue weighted by Crippen LogP contribution is 2.24. The van der Waals surface area contributed by atoms with Crippen LogP contribution in [0.25, 0.3) is 0 Å². The van der Waals surface area contributed by atoms with E-state index in [1.165, 1.54) is 18.4 Å². The molecule has 1 aromatic heterocycles. The van der Waals surface area contributed by atoms with E-state index in [1.807, 2.05) is 60.7 Å². The van der Waals surface area contributed by atoms with Crippen molar-refractivity contribution >= 4 is 28.9 Å². The van der Waals surface area contributed by atoms with Gasteiger partial charge in [-0.3, -0.25) is 10.1 Å². The van der Waals surface area contributed by atoms with Crippen LogP contribution in [0.4, 0.5) is 5.69 Å². The Morgan fingerprint density at radius 2 is 1.56 bits per heavy atom. The molecule has 2 N–H and O–H groups in total. The lowest BCUT2D eigenvalue weighted by Gasteiger charge is -2.19. The minimum Gasteiger partial charge on any atom is -0.465 e. The summed E-state index contributed by atoms with van der Waals surface area (Å²) in [7, 11) is 1.32. The van der Waals surface area contributed by atoms with Gasteiger partial charge in [0.15, 0.2) is 0 Å². The average Bonchev–Trinajstić information content (AvgIpc) is 3.17. The second-order valence-electron chi connectivity index (χ2n) is 5.84. The summed E-state index contributed by atoms with van der Waals surface area (Å²) in [5.41, 5.74) is 2.61. The molecule has 0 aliphatic heterocycles. The number of thiophene rings is 1. The molecule has 138 valence electrons. The number of methoxy groups -OCH3 is 1. The smallest absolute Gasteiger partial charge is 0.350 e. The van der Waals surface area contributed by atoms with Crippen LogP contribution in [0.1, 0.15) is 26.8 Å². The summed E-state index contributed by atoms with van der Waals surface area (Å²) < 4.78 is 4.74. The van der Waals surface area contributed by atoms with Crippen molar-refractivity contribution in [3.8, 4) is 0 Å². The van der Waals surface area contributed by atoms with Gasteiger partial charge in [-0.15, -0.1) is 11.3 Å². The second-order valence-corrected chi connectivity index (χ2v) is 6.75. The van der Waals surface area contributed by atoms with Gasteiger partial charge in [0.25, 0.3) is 0 Å². The van der Waals surface area contributed by atoms with Gasteiger partial charge < -0.3 is 10.1 Å². The van der Waals surface area contributed by atoms with Crippen LogP contribution in [-0.2, 0) is 9.53 Å². The monoisotopic (exact) mass is 380 g/mol. The first-order chi connectivity index (χ1) is 13.2. The Balaban J connectivity index is 1.70. The summed E-state index contributed by atoms with van der Waals surface area (Å²) >= 11 is 1.23. The predicted molar refractivity (Wildman–Crippen MR) is 107 cm³/mol. The fourth-order valence-electron chi connectivity index (χ4n) is 2.77. The predicted octanol–water partition coefficient (Wildman–Crippen LogP) is 3.85. The lowest BCUT2D eigenvalue weighted by atomic mass is 9.99. The van der Waals surface area contributed by atoms with Gasteiger partial charge in [-0.25, -0.2) is 4.79 Å². The van der Waals surface area contributed by atoms with Crippen LogP contribution in [0.5, 0.6) is 0 Å². The van der Waals surface area contributed by atoms with Crippen LogP contribution in [0, 0.1) is 0 Å². The van der Waals surface area contributed by atoms with E-state index in [4.69, 9.17) is 4.74 Å². The van der Waals surface area contributed by atoms with E-state index in [2.05, 4.69) is 10.6 Å². The number of anilines is 1. The summed E-state index contributed by atoms with van der Waals surface area (Å²) in [6, 6.07) is 21.5. The quantitative estimate of drug-likeness (QED) is 0.611. The maximum Gasteiger partial charge on any atom is 0.350 e. The summed E-state index contributed by atoms with van der Waals surface area (Å²) in [4.78, 5) is 24.5. The van der Waals surface area contributed by atoms with Gasteiger partial charge in [0, 0.05) is 0 Å². The van der Waals surface area contributed by atoms with Crippen LogP contribution in [0.15, 0.2) is 72.1 Å². The largest absolute Gasteiger partial charge is 0.465 e. The van der Waals surface area contributed by atoms with Crippen LogP contribution < -0.4 is 10.6 Å². The van der Waals surface area contributed by atoms with Crippen molar-refractivity contribution in [3.63, 3.8) is 0 Å². The van der Waals surface area contributed by atoms with Crippen LogP contribution in [-0.4, -0.2) is 25.5 Å². The number of rotatable bonds is 7. The fraction of sp³-hybridized carbons (Fsp3) is 0.143. The van der Waals surface area contributed by atoms with Crippen LogP contribution >= 0.6 is 11.3 Å². The van der Waals surface area contributed by atoms with E-state index in [9.17, 15) is 9.59 Å². The Kier molecular flexibility index (Phi) is 6.35. The first kappa shape index (κ1) is 18.8. The molecule has 6 heteroatoms. The molecule has 0 aliphatic rings. The van der Waals surface area contributed by atoms with Crippen molar-refractivity contribution in [3.05, 3.63) is 88.1 Å². The van der Waals surface area contributed by atoms with Crippen LogP contribution in [0.2, 0.25) is 0 Å². The topological polar surface area (TPSA) is 67.4 Å². The molecule has 5 nitrogen and oxygen atoms in total. The highest BCUT2D eigenvalue weighted by atomic mass is 32.1. The molecule has 1 amide bonds. The van der Waals surface area contributed by atoms with E-state index in [1.54, 1.807) is 11.4 Å². The molecule has 3 aromatic rings. The number of hydrogen-bond donors (Lipinski definition) is 2. The molecule has 1 heterocycles. The molecule has 0 unspecified atom stereocenters. The summed E-state index contributed by atoms with van der Waals surface area (Å²) in [5, 5.41) is 7.82. The maximum absolute atomic E-state index is 12.4. The van der Waals surface area contributed by atoms with Crippen molar-refractivity contribution in [2.24, 2.45) is 0 Å². The third-order valence-corrected chi connectivity index (χ3v) is 4.94. The molecule has 0 saturated heterocycles. The maximum atomic E-state index is 12.4. The third-order valence-electron chi connectivity index (χ3n) is 4.04. The summed E-state index contributed by atoms with van der Waals surface area (Å²) in [5.74, 6) is -0.685. The Bertz CT molecular complexity index is 855. The SMILES string of the molecule is COC(=O)c1sccc1NC(=O)CNC(c1ccccc1)c1ccccc1. The molecule has 0 fully saturated rings. The van der Waals surface area contributed by atoms with Gasteiger partial charge in [0.2, 0.25) is 5.91 Å². The van der Waals surface area contributed by atoms with Crippen molar-refractivity contribution in [2.45, 2.75) is 6.04 Å².